The lowest BCUT2D eigenvalue weighted by Gasteiger charge is -1.89. The summed E-state index contributed by atoms with van der Waals surface area (Å²) >= 11 is 0. The molecule has 10 heavy (non-hydrogen) atoms. The molecule has 0 rings (SSSR count). The van der Waals surface area contributed by atoms with E-state index >= 15 is 0 Å². The van der Waals surface area contributed by atoms with Crippen molar-refractivity contribution >= 4 is 0 Å². The Bertz CT molecular complexity index is 103. The summed E-state index contributed by atoms with van der Waals surface area (Å²) in [6, 6.07) is 0. The quantitative estimate of drug-likeness (QED) is 0.353. The molecule has 0 amide bonds. The first-order chi connectivity index (χ1) is 4.91. The van der Waals surface area contributed by atoms with Crippen molar-refractivity contribution in [1.82, 2.24) is 0 Å². The standard InChI is InChI=1S/C9H16O/c1-2-3-4-5-6-7-8-9-10/h6-10H,2-5H2,1H3/b7-6+,9-8+. The molecule has 0 fully saturated rings. The normalized spacial score (nSPS) is 11.7. The van der Waals surface area contributed by atoms with Gasteiger partial charge in [-0.1, -0.05) is 31.9 Å². The van der Waals surface area contributed by atoms with Crippen LogP contribution in [0.15, 0.2) is 24.5 Å². The fraction of sp³-hybridized carbons (Fsp3) is 0.556. The maximum atomic E-state index is 8.24. The predicted octanol–water partition coefficient (Wildman–Crippen LogP) is 3.19. The number of aliphatic hydroxyl groups is 1. The third-order valence-corrected chi connectivity index (χ3v) is 1.31. The minimum atomic E-state index is 1.05. The first-order valence-electron chi connectivity index (χ1n) is 3.87. The fourth-order valence-corrected chi connectivity index (χ4v) is 0.737. The van der Waals surface area contributed by atoms with E-state index in [-0.39, 0.29) is 0 Å². The number of unbranched alkanes of at least 4 members (excludes halogenated alkanes) is 3. The highest BCUT2D eigenvalue weighted by molar-refractivity contribution is 4.98. The van der Waals surface area contributed by atoms with Gasteiger partial charge in [0.1, 0.15) is 0 Å². The molecule has 0 aromatic carbocycles. The van der Waals surface area contributed by atoms with Gasteiger partial charge in [0.25, 0.3) is 0 Å². The van der Waals surface area contributed by atoms with E-state index in [1.165, 1.54) is 19.3 Å². The lowest BCUT2D eigenvalue weighted by Crippen LogP contribution is -1.69. The highest BCUT2D eigenvalue weighted by atomic mass is 16.2. The summed E-state index contributed by atoms with van der Waals surface area (Å²) in [5.74, 6) is 0. The molecule has 0 saturated carbocycles. The minimum Gasteiger partial charge on any atom is -0.516 e. The number of aliphatic hydroxyl groups excluding tert-OH is 1. The molecular formula is C9H16O. The molecule has 0 aliphatic rings. The van der Waals surface area contributed by atoms with Crippen LogP contribution in [0, 0.1) is 0 Å². The summed E-state index contributed by atoms with van der Waals surface area (Å²) in [6.07, 6.45) is 11.6. The molecule has 0 aromatic heterocycles. The monoisotopic (exact) mass is 140 g/mol. The molecule has 1 nitrogen and oxygen atoms in total. The number of allylic oxidation sites excluding steroid dienone is 3. The Labute approximate surface area is 63.1 Å². The zero-order valence-corrected chi connectivity index (χ0v) is 6.59. The van der Waals surface area contributed by atoms with Crippen molar-refractivity contribution in [1.29, 1.82) is 0 Å². The van der Waals surface area contributed by atoms with E-state index < -0.39 is 0 Å². The van der Waals surface area contributed by atoms with Gasteiger partial charge in [-0.05, 0) is 18.9 Å². The van der Waals surface area contributed by atoms with Crippen molar-refractivity contribution in [2.24, 2.45) is 0 Å². The van der Waals surface area contributed by atoms with Gasteiger partial charge in [0.2, 0.25) is 0 Å². The van der Waals surface area contributed by atoms with Crippen molar-refractivity contribution in [3.8, 4) is 0 Å². The minimum absolute atomic E-state index is 1.05. The molecule has 0 radical (unpaired) electrons. The Hall–Kier alpha value is -0.720. The molecule has 58 valence electrons. The number of hydrogen-bond donors (Lipinski definition) is 1. The lowest BCUT2D eigenvalue weighted by molar-refractivity contribution is 0.473. The topological polar surface area (TPSA) is 20.2 Å². The average Bonchev–Trinajstić information content (AvgIpc) is 1.97. The van der Waals surface area contributed by atoms with E-state index in [4.69, 9.17) is 5.11 Å². The molecule has 0 unspecified atom stereocenters. The Morgan fingerprint density at radius 2 is 2.00 bits per heavy atom. The molecular weight excluding hydrogens is 124 g/mol. The molecule has 0 aromatic rings. The predicted molar refractivity (Wildman–Crippen MR) is 45.1 cm³/mol. The summed E-state index contributed by atoms with van der Waals surface area (Å²) in [7, 11) is 0. The number of hydrogen-bond acceptors (Lipinski definition) is 1. The van der Waals surface area contributed by atoms with Gasteiger partial charge in [-0.25, -0.2) is 0 Å². The van der Waals surface area contributed by atoms with Crippen molar-refractivity contribution in [3.05, 3.63) is 24.5 Å². The van der Waals surface area contributed by atoms with E-state index in [1.807, 2.05) is 6.08 Å². The Balaban J connectivity index is 3.02. The van der Waals surface area contributed by atoms with E-state index in [1.54, 1.807) is 6.08 Å². The third-order valence-electron chi connectivity index (χ3n) is 1.31. The molecule has 1 N–H and O–H groups in total. The van der Waals surface area contributed by atoms with Crippen LogP contribution in [0.5, 0.6) is 0 Å². The summed E-state index contributed by atoms with van der Waals surface area (Å²) in [4.78, 5) is 0. The van der Waals surface area contributed by atoms with Crippen LogP contribution < -0.4 is 0 Å². The third kappa shape index (κ3) is 7.28. The van der Waals surface area contributed by atoms with Crippen LogP contribution in [0.4, 0.5) is 0 Å². The van der Waals surface area contributed by atoms with Gasteiger partial charge < -0.3 is 5.11 Å². The van der Waals surface area contributed by atoms with Gasteiger partial charge in [0, 0.05) is 0 Å². The Morgan fingerprint density at radius 1 is 1.20 bits per heavy atom. The van der Waals surface area contributed by atoms with Gasteiger partial charge in [0.05, 0.1) is 6.26 Å². The zero-order chi connectivity index (χ0) is 7.66. The summed E-state index contributed by atoms with van der Waals surface area (Å²) in [6.45, 7) is 2.19. The largest absolute Gasteiger partial charge is 0.516 e. The maximum Gasteiger partial charge on any atom is 0.0791 e. The van der Waals surface area contributed by atoms with Gasteiger partial charge in [-0.15, -0.1) is 0 Å². The van der Waals surface area contributed by atoms with Crippen molar-refractivity contribution < 1.29 is 5.11 Å². The molecule has 0 spiro atoms. The molecule has 0 saturated heterocycles. The molecule has 0 aliphatic heterocycles. The molecule has 0 heterocycles. The first-order valence-corrected chi connectivity index (χ1v) is 3.87. The van der Waals surface area contributed by atoms with Gasteiger partial charge in [0.15, 0.2) is 0 Å². The van der Waals surface area contributed by atoms with E-state index in [0.717, 1.165) is 12.7 Å². The van der Waals surface area contributed by atoms with Crippen LogP contribution in [0.2, 0.25) is 0 Å². The van der Waals surface area contributed by atoms with Crippen molar-refractivity contribution in [2.75, 3.05) is 0 Å². The van der Waals surface area contributed by atoms with Crippen LogP contribution in [0.1, 0.15) is 32.6 Å². The average molecular weight is 140 g/mol. The SMILES string of the molecule is CCCCC/C=C/C=C/O. The fourth-order valence-electron chi connectivity index (χ4n) is 0.737. The molecule has 0 bridgehead atoms. The maximum absolute atomic E-state index is 8.24. The Kier molecular flexibility index (Phi) is 7.68. The van der Waals surface area contributed by atoms with Gasteiger partial charge >= 0.3 is 0 Å². The highest BCUT2D eigenvalue weighted by Crippen LogP contribution is 1.99. The van der Waals surface area contributed by atoms with Crippen molar-refractivity contribution in [3.63, 3.8) is 0 Å². The van der Waals surface area contributed by atoms with Crippen molar-refractivity contribution in [2.45, 2.75) is 32.6 Å². The van der Waals surface area contributed by atoms with Crippen LogP contribution in [0.25, 0.3) is 0 Å². The summed E-state index contributed by atoms with van der Waals surface area (Å²) < 4.78 is 0. The van der Waals surface area contributed by atoms with Gasteiger partial charge in [-0.2, -0.15) is 0 Å². The highest BCUT2D eigenvalue weighted by Gasteiger charge is 1.79. The van der Waals surface area contributed by atoms with Gasteiger partial charge in [-0.3, -0.25) is 0 Å². The van der Waals surface area contributed by atoms with E-state index in [2.05, 4.69) is 13.0 Å². The second kappa shape index (κ2) is 8.28. The zero-order valence-electron chi connectivity index (χ0n) is 6.59. The second-order valence-corrected chi connectivity index (χ2v) is 2.27. The second-order valence-electron chi connectivity index (χ2n) is 2.27. The van der Waals surface area contributed by atoms with E-state index in [9.17, 15) is 0 Å². The van der Waals surface area contributed by atoms with Crippen LogP contribution in [0.3, 0.4) is 0 Å². The van der Waals surface area contributed by atoms with Crippen LogP contribution in [-0.2, 0) is 0 Å². The summed E-state index contributed by atoms with van der Waals surface area (Å²) in [5.41, 5.74) is 0. The molecule has 0 aliphatic carbocycles. The molecule has 0 atom stereocenters. The summed E-state index contributed by atoms with van der Waals surface area (Å²) in [5, 5.41) is 8.24. The van der Waals surface area contributed by atoms with Crippen LogP contribution >= 0.6 is 0 Å². The first kappa shape index (κ1) is 9.28. The van der Waals surface area contributed by atoms with E-state index in [0.29, 0.717) is 0 Å². The lowest BCUT2D eigenvalue weighted by atomic mass is 10.2. The Morgan fingerprint density at radius 3 is 2.60 bits per heavy atom. The smallest absolute Gasteiger partial charge is 0.0791 e. The number of rotatable bonds is 5. The molecule has 1 heteroatoms. The van der Waals surface area contributed by atoms with Crippen LogP contribution in [-0.4, -0.2) is 5.11 Å².